The molecule has 3 aromatic heterocycles. The quantitative estimate of drug-likeness (QED) is 0.432. The van der Waals surface area contributed by atoms with Crippen LogP contribution in [0.15, 0.2) is 49.1 Å². The lowest BCUT2D eigenvalue weighted by molar-refractivity contribution is 0.0233. The van der Waals surface area contributed by atoms with Crippen molar-refractivity contribution in [2.45, 2.75) is 26.5 Å². The van der Waals surface area contributed by atoms with Crippen LogP contribution in [0.3, 0.4) is 0 Å². The SMILES string of the molecule is CCN1CC(Oc2cnc(Oc3ccc4ncnc(Nc5ccn(CC)n5)c4c3)c(F)c2)C1. The van der Waals surface area contributed by atoms with Gasteiger partial charge in [-0.1, -0.05) is 6.92 Å². The fourth-order valence-electron chi connectivity index (χ4n) is 3.63. The Morgan fingerprint density at radius 2 is 1.94 bits per heavy atom. The molecule has 4 aromatic rings. The van der Waals surface area contributed by atoms with Gasteiger partial charge in [-0.3, -0.25) is 9.58 Å². The van der Waals surface area contributed by atoms with Crippen LogP contribution in [-0.2, 0) is 6.54 Å². The van der Waals surface area contributed by atoms with Gasteiger partial charge < -0.3 is 14.8 Å². The molecular formula is C23H24FN7O2. The van der Waals surface area contributed by atoms with E-state index in [2.05, 4.69) is 37.2 Å². The zero-order valence-electron chi connectivity index (χ0n) is 18.4. The van der Waals surface area contributed by atoms with E-state index in [9.17, 15) is 4.39 Å². The Kier molecular flexibility index (Phi) is 5.74. The molecule has 1 saturated heterocycles. The highest BCUT2D eigenvalue weighted by Gasteiger charge is 2.27. The van der Waals surface area contributed by atoms with Gasteiger partial charge in [0.2, 0.25) is 0 Å². The summed E-state index contributed by atoms with van der Waals surface area (Å²) in [5.41, 5.74) is 0.716. The van der Waals surface area contributed by atoms with Gasteiger partial charge in [-0.25, -0.2) is 19.3 Å². The molecule has 1 N–H and O–H groups in total. The third-order valence-corrected chi connectivity index (χ3v) is 5.49. The highest BCUT2D eigenvalue weighted by molar-refractivity contribution is 5.91. The number of aromatic nitrogens is 5. The van der Waals surface area contributed by atoms with Gasteiger partial charge in [-0.2, -0.15) is 5.10 Å². The Hall–Kier alpha value is -3.79. The highest BCUT2D eigenvalue weighted by Crippen LogP contribution is 2.30. The van der Waals surface area contributed by atoms with E-state index in [0.717, 1.165) is 26.2 Å². The summed E-state index contributed by atoms with van der Waals surface area (Å²) in [7, 11) is 0. The van der Waals surface area contributed by atoms with E-state index in [0.29, 0.717) is 34.0 Å². The van der Waals surface area contributed by atoms with E-state index in [4.69, 9.17) is 9.47 Å². The molecule has 1 aliphatic rings. The van der Waals surface area contributed by atoms with E-state index in [1.807, 2.05) is 23.9 Å². The number of nitrogens with one attached hydrogen (secondary N) is 1. The predicted octanol–water partition coefficient (Wildman–Crippen LogP) is 4.00. The normalized spacial score (nSPS) is 14.3. The van der Waals surface area contributed by atoms with E-state index in [-0.39, 0.29) is 12.0 Å². The van der Waals surface area contributed by atoms with Crippen LogP contribution in [0.1, 0.15) is 13.8 Å². The first-order valence-electron chi connectivity index (χ1n) is 10.9. The fourth-order valence-corrected chi connectivity index (χ4v) is 3.63. The first-order chi connectivity index (χ1) is 16.1. The van der Waals surface area contributed by atoms with Crippen molar-refractivity contribution in [1.29, 1.82) is 0 Å². The lowest BCUT2D eigenvalue weighted by Gasteiger charge is -2.38. The number of ether oxygens (including phenoxy) is 2. The summed E-state index contributed by atoms with van der Waals surface area (Å²) < 4.78 is 28.0. The average molecular weight is 449 g/mol. The molecule has 9 nitrogen and oxygen atoms in total. The van der Waals surface area contributed by atoms with Gasteiger partial charge in [0.25, 0.3) is 5.88 Å². The molecule has 0 atom stereocenters. The fraction of sp³-hybridized carbons (Fsp3) is 0.304. The van der Waals surface area contributed by atoms with Gasteiger partial charge in [0.1, 0.15) is 29.7 Å². The number of likely N-dealkylation sites (N-methyl/N-ethyl adjacent to an activating group) is 1. The highest BCUT2D eigenvalue weighted by atomic mass is 19.1. The molecule has 170 valence electrons. The van der Waals surface area contributed by atoms with Crippen LogP contribution in [-0.4, -0.2) is 55.4 Å². The number of hydrogen-bond donors (Lipinski definition) is 1. The lowest BCUT2D eigenvalue weighted by Crippen LogP contribution is -2.53. The van der Waals surface area contributed by atoms with Crippen LogP contribution in [0.25, 0.3) is 10.9 Å². The van der Waals surface area contributed by atoms with Gasteiger partial charge >= 0.3 is 0 Å². The number of rotatable bonds is 8. The topological polar surface area (TPSA) is 90.2 Å². The molecule has 0 unspecified atom stereocenters. The van der Waals surface area contributed by atoms with Gasteiger partial charge in [0, 0.05) is 43.4 Å². The molecule has 33 heavy (non-hydrogen) atoms. The lowest BCUT2D eigenvalue weighted by atomic mass is 10.2. The first-order valence-corrected chi connectivity index (χ1v) is 10.9. The maximum absolute atomic E-state index is 14.6. The minimum Gasteiger partial charge on any atom is -0.486 e. The van der Waals surface area contributed by atoms with E-state index in [1.54, 1.807) is 18.2 Å². The number of pyridine rings is 1. The minimum absolute atomic E-state index is 0.0630. The molecule has 0 bridgehead atoms. The van der Waals surface area contributed by atoms with Crippen molar-refractivity contribution < 1.29 is 13.9 Å². The largest absolute Gasteiger partial charge is 0.486 e. The zero-order chi connectivity index (χ0) is 22.8. The van der Waals surface area contributed by atoms with Crippen LogP contribution >= 0.6 is 0 Å². The van der Waals surface area contributed by atoms with Crippen molar-refractivity contribution in [1.82, 2.24) is 29.6 Å². The Balaban J connectivity index is 1.33. The molecule has 0 saturated carbocycles. The minimum atomic E-state index is -0.591. The second-order valence-electron chi connectivity index (χ2n) is 7.74. The molecule has 1 aromatic carbocycles. The van der Waals surface area contributed by atoms with Gasteiger partial charge in [0.05, 0.1) is 11.7 Å². The molecule has 5 rings (SSSR count). The third kappa shape index (κ3) is 4.56. The van der Waals surface area contributed by atoms with Crippen LogP contribution < -0.4 is 14.8 Å². The van der Waals surface area contributed by atoms with Crippen LogP contribution in [0.2, 0.25) is 0 Å². The number of anilines is 2. The van der Waals surface area contributed by atoms with Crippen molar-refractivity contribution >= 4 is 22.5 Å². The van der Waals surface area contributed by atoms with Gasteiger partial charge in [0.15, 0.2) is 11.6 Å². The van der Waals surface area contributed by atoms with Crippen molar-refractivity contribution in [3.63, 3.8) is 0 Å². The first kappa shape index (κ1) is 21.1. The predicted molar refractivity (Wildman–Crippen MR) is 122 cm³/mol. The second-order valence-corrected chi connectivity index (χ2v) is 7.74. The summed E-state index contributed by atoms with van der Waals surface area (Å²) in [4.78, 5) is 15.0. The third-order valence-electron chi connectivity index (χ3n) is 5.49. The molecule has 0 amide bonds. The standard InChI is InChI=1S/C23H24FN7O2/c1-3-30-12-17(13-30)32-16-10-19(24)23(25-11-16)33-15-5-6-20-18(9-15)22(27-14-26-20)28-21-7-8-31(4-2)29-21/h5-11,14,17H,3-4,12-13H2,1-2H3,(H,26,27,28,29). The van der Waals surface area contributed by atoms with E-state index < -0.39 is 5.82 Å². The molecule has 0 aliphatic carbocycles. The summed E-state index contributed by atoms with van der Waals surface area (Å²) in [6.45, 7) is 7.54. The zero-order valence-corrected chi connectivity index (χ0v) is 18.4. The maximum Gasteiger partial charge on any atom is 0.256 e. The molecule has 0 spiro atoms. The number of nitrogens with zero attached hydrogens (tertiary/aromatic N) is 6. The molecule has 4 heterocycles. The Morgan fingerprint density at radius 3 is 2.70 bits per heavy atom. The number of aryl methyl sites for hydroxylation is 1. The Labute approximate surface area is 190 Å². The maximum atomic E-state index is 14.6. The molecule has 1 aliphatic heterocycles. The number of halogens is 1. The molecule has 1 fully saturated rings. The van der Waals surface area contributed by atoms with E-state index >= 15 is 0 Å². The van der Waals surface area contributed by atoms with Crippen LogP contribution in [0.5, 0.6) is 17.4 Å². The van der Waals surface area contributed by atoms with Crippen molar-refractivity contribution in [3.05, 3.63) is 54.9 Å². The number of likely N-dealkylation sites (tertiary alicyclic amines) is 1. The van der Waals surface area contributed by atoms with Crippen molar-refractivity contribution in [2.75, 3.05) is 25.0 Å². The monoisotopic (exact) mass is 449 g/mol. The Morgan fingerprint density at radius 1 is 1.06 bits per heavy atom. The van der Waals surface area contributed by atoms with Crippen molar-refractivity contribution in [3.8, 4) is 17.4 Å². The van der Waals surface area contributed by atoms with Crippen molar-refractivity contribution in [2.24, 2.45) is 0 Å². The summed E-state index contributed by atoms with van der Waals surface area (Å²) in [6.07, 6.45) is 4.90. The van der Waals surface area contributed by atoms with E-state index in [1.165, 1.54) is 18.6 Å². The molecular weight excluding hydrogens is 425 g/mol. The van der Waals surface area contributed by atoms with Crippen LogP contribution in [0, 0.1) is 5.82 Å². The smallest absolute Gasteiger partial charge is 0.256 e. The Bertz CT molecular complexity index is 1270. The number of fused-ring (bicyclic) bond motifs is 1. The average Bonchev–Trinajstić information content (AvgIpc) is 3.25. The van der Waals surface area contributed by atoms with Crippen LogP contribution in [0.4, 0.5) is 16.0 Å². The van der Waals surface area contributed by atoms with Gasteiger partial charge in [-0.05, 0) is 31.7 Å². The summed E-state index contributed by atoms with van der Waals surface area (Å²) in [6, 6.07) is 8.41. The number of hydrogen-bond acceptors (Lipinski definition) is 8. The summed E-state index contributed by atoms with van der Waals surface area (Å²) in [5, 5.41) is 8.33. The summed E-state index contributed by atoms with van der Waals surface area (Å²) >= 11 is 0. The summed E-state index contributed by atoms with van der Waals surface area (Å²) in [5.74, 6) is 1.33. The second kappa shape index (κ2) is 8.99. The molecule has 10 heteroatoms. The van der Waals surface area contributed by atoms with Gasteiger partial charge in [-0.15, -0.1) is 0 Å². The number of benzene rings is 1. The molecule has 0 radical (unpaired) electrons.